The molecule has 2 aromatic carbocycles. The highest BCUT2D eigenvalue weighted by Gasteiger charge is 2.09. The SMILES string of the molecule is Fc1cccc(Cl)c1Cn1cc(NC(=S)NCc2ccc(Cl)cc2)cn1. The highest BCUT2D eigenvalue weighted by molar-refractivity contribution is 7.80. The van der Waals surface area contributed by atoms with Crippen LogP contribution in [0, 0.1) is 5.82 Å². The van der Waals surface area contributed by atoms with Gasteiger partial charge in [0.25, 0.3) is 0 Å². The fourth-order valence-electron chi connectivity index (χ4n) is 2.32. The highest BCUT2D eigenvalue weighted by atomic mass is 35.5. The third-order valence-corrected chi connectivity index (χ3v) is 4.49. The van der Waals surface area contributed by atoms with E-state index in [1.165, 1.54) is 6.07 Å². The first kappa shape index (κ1) is 18.6. The Bertz CT molecular complexity index is 892. The summed E-state index contributed by atoms with van der Waals surface area (Å²) in [5, 5.41) is 11.9. The van der Waals surface area contributed by atoms with E-state index in [-0.39, 0.29) is 12.4 Å². The van der Waals surface area contributed by atoms with Gasteiger partial charge < -0.3 is 10.6 Å². The smallest absolute Gasteiger partial charge is 0.171 e. The van der Waals surface area contributed by atoms with E-state index in [0.717, 1.165) is 5.56 Å². The van der Waals surface area contributed by atoms with Gasteiger partial charge in [0.05, 0.1) is 18.4 Å². The van der Waals surface area contributed by atoms with E-state index < -0.39 is 0 Å². The summed E-state index contributed by atoms with van der Waals surface area (Å²) in [6.07, 6.45) is 3.35. The number of rotatable bonds is 5. The topological polar surface area (TPSA) is 41.9 Å². The van der Waals surface area contributed by atoms with Crippen LogP contribution in [0.4, 0.5) is 10.1 Å². The Morgan fingerprint density at radius 1 is 1.15 bits per heavy atom. The van der Waals surface area contributed by atoms with Crippen LogP contribution in [0.5, 0.6) is 0 Å². The number of benzene rings is 2. The van der Waals surface area contributed by atoms with Crippen LogP contribution in [0.15, 0.2) is 54.9 Å². The second-order valence-electron chi connectivity index (χ2n) is 5.56. The van der Waals surface area contributed by atoms with Gasteiger partial charge in [-0.25, -0.2) is 4.39 Å². The maximum absolute atomic E-state index is 13.9. The van der Waals surface area contributed by atoms with Gasteiger partial charge in [0.2, 0.25) is 0 Å². The van der Waals surface area contributed by atoms with E-state index in [1.807, 2.05) is 24.3 Å². The van der Waals surface area contributed by atoms with Crippen LogP contribution in [-0.4, -0.2) is 14.9 Å². The molecule has 134 valence electrons. The van der Waals surface area contributed by atoms with E-state index in [2.05, 4.69) is 15.7 Å². The minimum Gasteiger partial charge on any atom is -0.358 e. The van der Waals surface area contributed by atoms with E-state index in [4.69, 9.17) is 35.4 Å². The van der Waals surface area contributed by atoms with Crippen molar-refractivity contribution < 1.29 is 4.39 Å². The van der Waals surface area contributed by atoms with Crippen molar-refractivity contribution in [3.8, 4) is 0 Å². The van der Waals surface area contributed by atoms with Gasteiger partial charge in [0.1, 0.15) is 5.82 Å². The first-order valence-corrected chi connectivity index (χ1v) is 8.92. The Labute approximate surface area is 165 Å². The van der Waals surface area contributed by atoms with Crippen molar-refractivity contribution >= 4 is 46.2 Å². The number of halogens is 3. The summed E-state index contributed by atoms with van der Waals surface area (Å²) in [6.45, 7) is 0.806. The number of nitrogens with zero attached hydrogens (tertiary/aromatic N) is 2. The summed E-state index contributed by atoms with van der Waals surface area (Å²) >= 11 is 17.2. The molecule has 0 saturated heterocycles. The van der Waals surface area contributed by atoms with E-state index >= 15 is 0 Å². The molecule has 0 aliphatic heterocycles. The molecule has 0 unspecified atom stereocenters. The number of aromatic nitrogens is 2. The van der Waals surface area contributed by atoms with Gasteiger partial charge >= 0.3 is 0 Å². The van der Waals surface area contributed by atoms with Crippen molar-refractivity contribution in [3.63, 3.8) is 0 Å². The molecule has 1 aromatic heterocycles. The Hall–Kier alpha value is -2.15. The van der Waals surface area contributed by atoms with Crippen LogP contribution in [0.25, 0.3) is 0 Å². The normalized spacial score (nSPS) is 10.6. The summed E-state index contributed by atoms with van der Waals surface area (Å²) < 4.78 is 15.5. The standard InChI is InChI=1S/C18H15Cl2FN4S/c19-13-6-4-12(5-7-13)8-22-18(26)24-14-9-23-25(10-14)11-15-16(20)2-1-3-17(15)21/h1-7,9-10H,8,11H2,(H2,22,24,26). The maximum atomic E-state index is 13.9. The lowest BCUT2D eigenvalue weighted by Gasteiger charge is -2.09. The third kappa shape index (κ3) is 4.94. The van der Waals surface area contributed by atoms with Gasteiger partial charge in [-0.1, -0.05) is 41.4 Å². The quantitative estimate of drug-likeness (QED) is 0.591. The number of thiocarbonyl (C=S) groups is 1. The fourth-order valence-corrected chi connectivity index (χ4v) is 2.86. The minimum absolute atomic E-state index is 0.234. The predicted octanol–water partition coefficient (Wildman–Crippen LogP) is 4.86. The molecule has 0 spiro atoms. The molecule has 0 fully saturated rings. The second kappa shape index (κ2) is 8.49. The number of hydrogen-bond acceptors (Lipinski definition) is 2. The Kier molecular flexibility index (Phi) is 6.08. The van der Waals surface area contributed by atoms with Crippen LogP contribution in [0.1, 0.15) is 11.1 Å². The Morgan fingerprint density at radius 2 is 1.92 bits per heavy atom. The zero-order valence-corrected chi connectivity index (χ0v) is 15.9. The minimum atomic E-state index is -0.359. The molecule has 2 N–H and O–H groups in total. The van der Waals surface area contributed by atoms with Crippen LogP contribution in [0.3, 0.4) is 0 Å². The van der Waals surface area contributed by atoms with E-state index in [1.54, 1.807) is 29.2 Å². The van der Waals surface area contributed by atoms with Crippen molar-refractivity contribution in [2.24, 2.45) is 0 Å². The molecule has 26 heavy (non-hydrogen) atoms. The molecule has 3 aromatic rings. The summed E-state index contributed by atoms with van der Waals surface area (Å²) in [5.74, 6) is -0.359. The highest BCUT2D eigenvalue weighted by Crippen LogP contribution is 2.20. The van der Waals surface area contributed by atoms with Crippen molar-refractivity contribution in [3.05, 3.63) is 81.8 Å². The van der Waals surface area contributed by atoms with Gasteiger partial charge in [0.15, 0.2) is 5.11 Å². The molecule has 0 atom stereocenters. The summed E-state index contributed by atoms with van der Waals surface area (Å²) in [4.78, 5) is 0. The molecule has 0 amide bonds. The van der Waals surface area contributed by atoms with Crippen LogP contribution < -0.4 is 10.6 Å². The van der Waals surface area contributed by atoms with Crippen LogP contribution in [0.2, 0.25) is 10.0 Å². The summed E-state index contributed by atoms with van der Waals surface area (Å²) in [5.41, 5.74) is 2.15. The van der Waals surface area contributed by atoms with E-state index in [9.17, 15) is 4.39 Å². The van der Waals surface area contributed by atoms with E-state index in [0.29, 0.717) is 33.0 Å². The molecule has 0 saturated carbocycles. The van der Waals surface area contributed by atoms with Gasteiger partial charge in [-0.2, -0.15) is 5.10 Å². The van der Waals surface area contributed by atoms with Gasteiger partial charge in [-0.05, 0) is 42.0 Å². The molecule has 1 heterocycles. The van der Waals surface area contributed by atoms with Gasteiger partial charge in [-0.15, -0.1) is 0 Å². The average molecular weight is 409 g/mol. The van der Waals surface area contributed by atoms with Crippen molar-refractivity contribution in [1.29, 1.82) is 0 Å². The van der Waals surface area contributed by atoms with Crippen molar-refractivity contribution in [2.45, 2.75) is 13.1 Å². The molecule has 8 heteroatoms. The van der Waals surface area contributed by atoms with Crippen LogP contribution in [-0.2, 0) is 13.1 Å². The monoisotopic (exact) mass is 408 g/mol. The fraction of sp³-hybridized carbons (Fsp3) is 0.111. The molecule has 3 rings (SSSR count). The first-order valence-electron chi connectivity index (χ1n) is 7.76. The largest absolute Gasteiger partial charge is 0.358 e. The Morgan fingerprint density at radius 3 is 2.65 bits per heavy atom. The molecule has 0 bridgehead atoms. The first-order chi connectivity index (χ1) is 12.5. The van der Waals surface area contributed by atoms with Crippen LogP contribution >= 0.6 is 35.4 Å². The molecular formula is C18H15Cl2FN4S. The third-order valence-electron chi connectivity index (χ3n) is 3.64. The Balaban J connectivity index is 1.56. The zero-order valence-electron chi connectivity index (χ0n) is 13.5. The molecule has 0 aliphatic carbocycles. The maximum Gasteiger partial charge on any atom is 0.171 e. The van der Waals surface area contributed by atoms with Gasteiger partial charge in [0, 0.05) is 28.4 Å². The lowest BCUT2D eigenvalue weighted by atomic mass is 10.2. The summed E-state index contributed by atoms with van der Waals surface area (Å²) in [6, 6.07) is 12.1. The lowest BCUT2D eigenvalue weighted by Crippen LogP contribution is -2.27. The number of hydrogen-bond donors (Lipinski definition) is 2. The predicted molar refractivity (Wildman–Crippen MR) is 107 cm³/mol. The average Bonchev–Trinajstić information content (AvgIpc) is 3.05. The molecule has 4 nitrogen and oxygen atoms in total. The lowest BCUT2D eigenvalue weighted by molar-refractivity contribution is 0.585. The zero-order chi connectivity index (χ0) is 18.5. The second-order valence-corrected chi connectivity index (χ2v) is 6.81. The molecule has 0 aliphatic rings. The van der Waals surface area contributed by atoms with Crippen molar-refractivity contribution in [1.82, 2.24) is 15.1 Å². The summed E-state index contributed by atoms with van der Waals surface area (Å²) in [7, 11) is 0. The molecular weight excluding hydrogens is 394 g/mol. The van der Waals surface area contributed by atoms with Crippen molar-refractivity contribution in [2.75, 3.05) is 5.32 Å². The molecule has 0 radical (unpaired) electrons. The number of anilines is 1. The van der Waals surface area contributed by atoms with Gasteiger partial charge in [-0.3, -0.25) is 4.68 Å². The number of nitrogens with one attached hydrogen (secondary N) is 2.